The summed E-state index contributed by atoms with van der Waals surface area (Å²) in [5.41, 5.74) is 6.34. The maximum absolute atomic E-state index is 5.80. The zero-order valence-electron chi connectivity index (χ0n) is 7.44. The van der Waals surface area contributed by atoms with E-state index < -0.39 is 0 Å². The van der Waals surface area contributed by atoms with Gasteiger partial charge in [0.25, 0.3) is 0 Å². The Kier molecular flexibility index (Phi) is 3.73. The lowest BCUT2D eigenvalue weighted by atomic mass is 9.84. The number of hydrogen-bond donors (Lipinski definition) is 1. The van der Waals surface area contributed by atoms with E-state index in [0.29, 0.717) is 5.41 Å². The molecule has 0 aromatic rings. The zero-order valence-corrected chi connectivity index (χ0v) is 8.25. The minimum absolute atomic E-state index is 0.545. The Morgan fingerprint density at radius 3 is 2.45 bits per heavy atom. The molecule has 2 N–H and O–H groups in total. The van der Waals surface area contributed by atoms with Crippen molar-refractivity contribution in [1.29, 1.82) is 0 Å². The summed E-state index contributed by atoms with van der Waals surface area (Å²) in [5, 5.41) is 0. The molecule has 2 heteroatoms. The standard InChI is InChI=1S/C9H19NS/c1-11-7-6-9(8-10)4-2-3-5-9/h2-8,10H2,1H3. The van der Waals surface area contributed by atoms with Gasteiger partial charge in [0.15, 0.2) is 0 Å². The number of nitrogens with two attached hydrogens (primary N) is 1. The molecule has 1 aliphatic carbocycles. The van der Waals surface area contributed by atoms with Crippen molar-refractivity contribution in [3.63, 3.8) is 0 Å². The molecule has 1 aliphatic rings. The summed E-state index contributed by atoms with van der Waals surface area (Å²) in [6.07, 6.45) is 9.09. The van der Waals surface area contributed by atoms with Crippen molar-refractivity contribution in [2.45, 2.75) is 32.1 Å². The Hall–Kier alpha value is 0.310. The van der Waals surface area contributed by atoms with Crippen LogP contribution in [0.2, 0.25) is 0 Å². The van der Waals surface area contributed by atoms with Gasteiger partial charge in [-0.3, -0.25) is 0 Å². The average molecular weight is 173 g/mol. The summed E-state index contributed by atoms with van der Waals surface area (Å²) in [7, 11) is 0. The van der Waals surface area contributed by atoms with Crippen molar-refractivity contribution in [1.82, 2.24) is 0 Å². The highest BCUT2D eigenvalue weighted by atomic mass is 32.2. The molecular formula is C9H19NS. The van der Waals surface area contributed by atoms with Gasteiger partial charge < -0.3 is 5.73 Å². The van der Waals surface area contributed by atoms with Crippen LogP contribution in [-0.2, 0) is 0 Å². The first kappa shape index (κ1) is 9.40. The molecule has 1 rings (SSSR count). The molecule has 1 nitrogen and oxygen atoms in total. The minimum atomic E-state index is 0.545. The van der Waals surface area contributed by atoms with Crippen molar-refractivity contribution >= 4 is 11.8 Å². The summed E-state index contributed by atoms with van der Waals surface area (Å²) >= 11 is 1.95. The Labute approximate surface area is 74.1 Å². The lowest BCUT2D eigenvalue weighted by Crippen LogP contribution is -2.27. The van der Waals surface area contributed by atoms with Crippen molar-refractivity contribution in [3.8, 4) is 0 Å². The van der Waals surface area contributed by atoms with Crippen LogP contribution in [0.25, 0.3) is 0 Å². The van der Waals surface area contributed by atoms with E-state index in [4.69, 9.17) is 5.73 Å². The second-order valence-corrected chi connectivity index (χ2v) is 4.64. The fourth-order valence-electron chi connectivity index (χ4n) is 2.00. The van der Waals surface area contributed by atoms with Crippen LogP contribution in [0.1, 0.15) is 32.1 Å². The number of rotatable bonds is 4. The SMILES string of the molecule is CSCCC1(CN)CCCC1. The summed E-state index contributed by atoms with van der Waals surface area (Å²) in [6, 6.07) is 0. The van der Waals surface area contributed by atoms with Crippen molar-refractivity contribution < 1.29 is 0 Å². The number of hydrogen-bond acceptors (Lipinski definition) is 2. The van der Waals surface area contributed by atoms with Gasteiger partial charge >= 0.3 is 0 Å². The minimum Gasteiger partial charge on any atom is -0.330 e. The molecule has 0 heterocycles. The normalized spacial score (nSPS) is 22.4. The van der Waals surface area contributed by atoms with Gasteiger partial charge in [0.05, 0.1) is 0 Å². The molecule has 0 radical (unpaired) electrons. The Morgan fingerprint density at radius 2 is 2.00 bits per heavy atom. The van der Waals surface area contributed by atoms with Crippen LogP contribution in [0.3, 0.4) is 0 Å². The first-order valence-electron chi connectivity index (χ1n) is 4.52. The highest BCUT2D eigenvalue weighted by molar-refractivity contribution is 7.98. The summed E-state index contributed by atoms with van der Waals surface area (Å²) in [6.45, 7) is 0.910. The maximum Gasteiger partial charge on any atom is -0.00202 e. The smallest absolute Gasteiger partial charge is 0.00202 e. The third-order valence-corrected chi connectivity index (χ3v) is 3.55. The third kappa shape index (κ3) is 2.38. The highest BCUT2D eigenvalue weighted by Gasteiger charge is 2.31. The molecule has 0 bridgehead atoms. The average Bonchev–Trinajstić information content (AvgIpc) is 2.50. The summed E-state index contributed by atoms with van der Waals surface area (Å²) < 4.78 is 0. The molecule has 0 saturated heterocycles. The summed E-state index contributed by atoms with van der Waals surface area (Å²) in [5.74, 6) is 1.29. The Balaban J connectivity index is 2.33. The van der Waals surface area contributed by atoms with Gasteiger partial charge in [-0.05, 0) is 43.2 Å². The third-order valence-electron chi connectivity index (χ3n) is 2.93. The van der Waals surface area contributed by atoms with E-state index in [2.05, 4.69) is 6.26 Å². The van der Waals surface area contributed by atoms with E-state index in [9.17, 15) is 0 Å². The molecule has 0 amide bonds. The van der Waals surface area contributed by atoms with Gasteiger partial charge in [-0.1, -0.05) is 12.8 Å². The van der Waals surface area contributed by atoms with Crippen LogP contribution in [-0.4, -0.2) is 18.6 Å². The van der Waals surface area contributed by atoms with Crippen LogP contribution < -0.4 is 5.73 Å². The Morgan fingerprint density at radius 1 is 1.36 bits per heavy atom. The lowest BCUT2D eigenvalue weighted by Gasteiger charge is -2.26. The second kappa shape index (κ2) is 4.36. The molecule has 11 heavy (non-hydrogen) atoms. The van der Waals surface area contributed by atoms with Crippen LogP contribution in [0.4, 0.5) is 0 Å². The van der Waals surface area contributed by atoms with Crippen LogP contribution in [0.15, 0.2) is 0 Å². The quantitative estimate of drug-likeness (QED) is 0.705. The molecule has 0 spiro atoms. The fourth-order valence-corrected chi connectivity index (χ4v) is 2.64. The van der Waals surface area contributed by atoms with E-state index in [1.807, 2.05) is 11.8 Å². The lowest BCUT2D eigenvalue weighted by molar-refractivity contribution is 0.299. The maximum atomic E-state index is 5.80. The summed E-state index contributed by atoms with van der Waals surface area (Å²) in [4.78, 5) is 0. The molecule has 0 unspecified atom stereocenters. The van der Waals surface area contributed by atoms with Crippen molar-refractivity contribution in [2.24, 2.45) is 11.1 Å². The molecule has 0 aliphatic heterocycles. The zero-order chi connectivity index (χ0) is 8.16. The van der Waals surface area contributed by atoms with Gasteiger partial charge in [0.1, 0.15) is 0 Å². The Bertz CT molecular complexity index is 108. The van der Waals surface area contributed by atoms with Crippen molar-refractivity contribution in [2.75, 3.05) is 18.6 Å². The van der Waals surface area contributed by atoms with Crippen LogP contribution >= 0.6 is 11.8 Å². The van der Waals surface area contributed by atoms with E-state index in [-0.39, 0.29) is 0 Å². The van der Waals surface area contributed by atoms with Gasteiger partial charge in [-0.2, -0.15) is 11.8 Å². The largest absolute Gasteiger partial charge is 0.330 e. The highest BCUT2D eigenvalue weighted by Crippen LogP contribution is 2.40. The van der Waals surface area contributed by atoms with E-state index in [1.54, 1.807) is 0 Å². The predicted molar refractivity (Wildman–Crippen MR) is 53.0 cm³/mol. The van der Waals surface area contributed by atoms with Crippen LogP contribution in [0, 0.1) is 5.41 Å². The van der Waals surface area contributed by atoms with Gasteiger partial charge in [-0.25, -0.2) is 0 Å². The van der Waals surface area contributed by atoms with Gasteiger partial charge in [0.2, 0.25) is 0 Å². The molecule has 1 saturated carbocycles. The van der Waals surface area contributed by atoms with Gasteiger partial charge in [0, 0.05) is 0 Å². The van der Waals surface area contributed by atoms with Crippen molar-refractivity contribution in [3.05, 3.63) is 0 Å². The molecular weight excluding hydrogens is 154 g/mol. The first-order chi connectivity index (χ1) is 5.33. The number of thioether (sulfide) groups is 1. The topological polar surface area (TPSA) is 26.0 Å². The van der Waals surface area contributed by atoms with E-state index >= 15 is 0 Å². The predicted octanol–water partition coefficient (Wildman–Crippen LogP) is 2.26. The molecule has 0 atom stereocenters. The second-order valence-electron chi connectivity index (χ2n) is 3.65. The van der Waals surface area contributed by atoms with E-state index in [1.165, 1.54) is 37.9 Å². The monoisotopic (exact) mass is 173 g/mol. The molecule has 0 aromatic carbocycles. The molecule has 66 valence electrons. The van der Waals surface area contributed by atoms with Crippen LogP contribution in [0.5, 0.6) is 0 Å². The molecule has 0 aromatic heterocycles. The molecule has 1 fully saturated rings. The van der Waals surface area contributed by atoms with E-state index in [0.717, 1.165) is 6.54 Å². The fraction of sp³-hybridized carbons (Fsp3) is 1.00. The first-order valence-corrected chi connectivity index (χ1v) is 5.91. The van der Waals surface area contributed by atoms with Gasteiger partial charge in [-0.15, -0.1) is 0 Å².